The van der Waals surface area contributed by atoms with Crippen LogP contribution in [0, 0.1) is 0 Å². The topological polar surface area (TPSA) is 0 Å². The maximum absolute atomic E-state index is 7.15. The number of hydrogen-bond donors (Lipinski definition) is 0. The molecule has 0 aliphatic heterocycles. The van der Waals surface area contributed by atoms with Crippen molar-refractivity contribution in [3.05, 3.63) is 0 Å². The molecule has 0 saturated carbocycles. The summed E-state index contributed by atoms with van der Waals surface area (Å²) < 4.78 is 85.8. The molecular formula is C4H12Sn. The molecule has 5 heavy (non-hydrogen) atoms. The summed E-state index contributed by atoms with van der Waals surface area (Å²) in [5.41, 5.74) is 0. The Balaban J connectivity index is 6.37. The third-order valence-corrected chi connectivity index (χ3v) is 0. The van der Waals surface area contributed by atoms with Gasteiger partial charge in [-0.25, -0.2) is 0 Å². The minimum atomic E-state index is -6.55. The molecule has 0 radical (unpaired) electrons. The number of hydrogen-bond acceptors (Lipinski definition) is 0. The molecule has 0 atom stereocenters. The Labute approximate surface area is 55.3 Å². The normalized spacial score (nSPS) is 57.6. The molecule has 0 aromatic rings. The van der Waals surface area contributed by atoms with E-state index < -0.39 is 37.8 Å². The van der Waals surface area contributed by atoms with E-state index in [2.05, 4.69) is 0 Å². The van der Waals surface area contributed by atoms with Crippen LogP contribution < -0.4 is 0 Å². The Hall–Kier alpha value is 0.799. The third-order valence-electron chi connectivity index (χ3n) is 0. The van der Waals surface area contributed by atoms with E-state index in [1.165, 1.54) is 0 Å². The van der Waals surface area contributed by atoms with Gasteiger partial charge in [0.2, 0.25) is 0 Å². The van der Waals surface area contributed by atoms with Crippen LogP contribution in [0.1, 0.15) is 16.4 Å². The molecule has 1 heteroatoms. The van der Waals surface area contributed by atoms with Gasteiger partial charge in [-0.3, -0.25) is 0 Å². The molecule has 0 aliphatic rings. The van der Waals surface area contributed by atoms with Crippen LogP contribution in [0.4, 0.5) is 0 Å². The average Bonchev–Trinajstić information content (AvgIpc) is 1.67. The molecule has 0 rings (SSSR count). The maximum atomic E-state index is 7.15. The standard InChI is InChI=1S/4CH3.Sn/h4*1H3;/i4*1D3;. The van der Waals surface area contributed by atoms with Crippen molar-refractivity contribution < 1.29 is 16.4 Å². The molecule has 0 fully saturated rings. The van der Waals surface area contributed by atoms with Crippen molar-refractivity contribution in [1.82, 2.24) is 0 Å². The zero-order chi connectivity index (χ0) is 14.5. The van der Waals surface area contributed by atoms with Gasteiger partial charge in [0.05, 0.1) is 0 Å². The Morgan fingerprint density at radius 2 is 1.60 bits per heavy atom. The Morgan fingerprint density at radius 1 is 1.20 bits per heavy atom. The molecule has 0 aromatic carbocycles. The van der Waals surface area contributed by atoms with Gasteiger partial charge in [0, 0.05) is 0 Å². The fourth-order valence-corrected chi connectivity index (χ4v) is 0. The first-order valence-electron chi connectivity index (χ1n) is 7.00. The van der Waals surface area contributed by atoms with Gasteiger partial charge in [0.1, 0.15) is 0 Å². The van der Waals surface area contributed by atoms with Crippen LogP contribution in [0.15, 0.2) is 0 Å². The van der Waals surface area contributed by atoms with Crippen LogP contribution in [0.5, 0.6) is 0 Å². The Morgan fingerprint density at radius 3 is 1.60 bits per heavy atom. The summed E-state index contributed by atoms with van der Waals surface area (Å²) in [4.78, 5) is -13.8. The second-order valence-electron chi connectivity index (χ2n) is 0.750. The van der Waals surface area contributed by atoms with Crippen molar-refractivity contribution in [2.75, 3.05) is 0 Å². The molecule has 0 N–H and O–H groups in total. The summed E-state index contributed by atoms with van der Waals surface area (Å²) in [5.74, 6) is 0. The third kappa shape index (κ3) is 58.9. The van der Waals surface area contributed by atoms with Crippen molar-refractivity contribution in [2.45, 2.75) is 19.5 Å². The van der Waals surface area contributed by atoms with E-state index in [1.54, 1.807) is 0 Å². The molecule has 0 unspecified atom stereocenters. The van der Waals surface area contributed by atoms with E-state index in [1.807, 2.05) is 0 Å². The van der Waals surface area contributed by atoms with Crippen LogP contribution in [0.3, 0.4) is 0 Å². The SMILES string of the molecule is [2H][C]([2H])([2H])[Sn]([C]([2H])([2H])[2H])([C]([2H])([2H])[2H])[C]([2H])([2H])[2H]. The second kappa shape index (κ2) is 1.50. The van der Waals surface area contributed by atoms with Crippen LogP contribution >= 0.6 is 0 Å². The predicted molar refractivity (Wildman–Crippen MR) is 29.2 cm³/mol. The molecule has 0 saturated heterocycles. The van der Waals surface area contributed by atoms with Crippen molar-refractivity contribution in [2.24, 2.45) is 0 Å². The molecule has 0 aliphatic carbocycles. The Bertz CT molecular complexity index is 211. The van der Waals surface area contributed by atoms with Gasteiger partial charge in [0.25, 0.3) is 0 Å². The molecule has 0 aromatic heterocycles. The van der Waals surface area contributed by atoms with Gasteiger partial charge in [-0.05, 0) is 0 Å². The minimum absolute atomic E-state index is 3.46. The predicted octanol–water partition coefficient (Wildman–Crippen LogP) is 1.95. The fraction of sp³-hybridized carbons (Fsp3) is 1.00. The van der Waals surface area contributed by atoms with Gasteiger partial charge in [0.15, 0.2) is 0 Å². The Kier molecular flexibility index (Phi) is 0.142. The molecule has 0 heterocycles. The van der Waals surface area contributed by atoms with E-state index in [9.17, 15) is 0 Å². The molecule has 0 spiro atoms. The number of rotatable bonds is 0. The molecule has 0 nitrogen and oxygen atoms in total. The van der Waals surface area contributed by atoms with Crippen molar-refractivity contribution in [1.29, 1.82) is 0 Å². The quantitative estimate of drug-likeness (QED) is 0.513. The van der Waals surface area contributed by atoms with Crippen LogP contribution in [0.2, 0.25) is 19.5 Å². The van der Waals surface area contributed by atoms with E-state index in [4.69, 9.17) is 16.4 Å². The molecule has 32 valence electrons. The summed E-state index contributed by atoms with van der Waals surface area (Å²) in [6, 6.07) is 0. The van der Waals surface area contributed by atoms with Gasteiger partial charge in [-0.2, -0.15) is 0 Å². The monoisotopic (exact) mass is 192 g/mol. The summed E-state index contributed by atoms with van der Waals surface area (Å²) >= 11 is -6.55. The fourth-order valence-electron chi connectivity index (χ4n) is 0. The van der Waals surface area contributed by atoms with E-state index >= 15 is 0 Å². The summed E-state index contributed by atoms with van der Waals surface area (Å²) in [5, 5.41) is 0. The van der Waals surface area contributed by atoms with Crippen LogP contribution in [-0.4, -0.2) is 18.4 Å². The summed E-state index contributed by atoms with van der Waals surface area (Å²) in [6.07, 6.45) is 0. The zero-order valence-corrected chi connectivity index (χ0v) is 5.35. The second-order valence-corrected chi connectivity index (χ2v) is 5.03. The average molecular weight is 191 g/mol. The van der Waals surface area contributed by atoms with Crippen molar-refractivity contribution in [3.63, 3.8) is 0 Å². The van der Waals surface area contributed by atoms with E-state index in [0.29, 0.717) is 0 Å². The first-order valence-corrected chi connectivity index (χ1v) is 6.71. The molecule has 0 bridgehead atoms. The van der Waals surface area contributed by atoms with E-state index in [-0.39, 0.29) is 0 Å². The van der Waals surface area contributed by atoms with E-state index in [0.717, 1.165) is 0 Å². The van der Waals surface area contributed by atoms with Crippen molar-refractivity contribution in [3.8, 4) is 0 Å². The first-order chi connectivity index (χ1) is 7.00. The summed E-state index contributed by atoms with van der Waals surface area (Å²) in [7, 11) is 0. The first kappa shape index (κ1) is 0.473. The van der Waals surface area contributed by atoms with Gasteiger partial charge in [-0.1, -0.05) is 0 Å². The van der Waals surface area contributed by atoms with Crippen molar-refractivity contribution >= 4 is 18.4 Å². The van der Waals surface area contributed by atoms with Crippen LogP contribution in [-0.2, 0) is 0 Å². The zero-order valence-electron chi connectivity index (χ0n) is 14.5. The van der Waals surface area contributed by atoms with Gasteiger partial charge < -0.3 is 0 Å². The van der Waals surface area contributed by atoms with Gasteiger partial charge in [-0.15, -0.1) is 0 Å². The van der Waals surface area contributed by atoms with Gasteiger partial charge >= 0.3 is 54.3 Å². The van der Waals surface area contributed by atoms with Crippen LogP contribution in [0.25, 0.3) is 0 Å². The molecular weight excluding hydrogens is 167 g/mol. The molecule has 0 amide bonds. The summed E-state index contributed by atoms with van der Waals surface area (Å²) in [6.45, 7) is 0.